The summed E-state index contributed by atoms with van der Waals surface area (Å²) >= 11 is 6.45. The monoisotopic (exact) mass is 340 g/mol. The van der Waals surface area contributed by atoms with E-state index in [0.29, 0.717) is 23.0 Å². The van der Waals surface area contributed by atoms with Crippen molar-refractivity contribution in [1.82, 2.24) is 19.7 Å². The summed E-state index contributed by atoms with van der Waals surface area (Å²) in [5.74, 6) is -0.163. The van der Waals surface area contributed by atoms with Crippen molar-refractivity contribution >= 4 is 17.5 Å². The molecule has 3 rings (SSSR count). The first-order chi connectivity index (χ1) is 11.6. The molecule has 2 aromatic heterocycles. The number of hydrogen-bond donors (Lipinski definition) is 0. The molecule has 0 aliphatic rings. The van der Waals surface area contributed by atoms with Gasteiger partial charge in [0.1, 0.15) is 5.15 Å². The van der Waals surface area contributed by atoms with E-state index in [-0.39, 0.29) is 5.91 Å². The first-order valence-corrected chi connectivity index (χ1v) is 7.90. The number of aromatic nitrogens is 3. The molecule has 0 saturated carbocycles. The summed E-state index contributed by atoms with van der Waals surface area (Å²) in [6.45, 7) is 2.25. The number of pyridine rings is 1. The van der Waals surface area contributed by atoms with E-state index < -0.39 is 0 Å². The average Bonchev–Trinajstić information content (AvgIpc) is 2.90. The van der Waals surface area contributed by atoms with Gasteiger partial charge in [-0.05, 0) is 30.7 Å². The van der Waals surface area contributed by atoms with Crippen LogP contribution in [-0.4, -0.2) is 32.6 Å². The van der Waals surface area contributed by atoms with E-state index >= 15 is 0 Å². The van der Waals surface area contributed by atoms with Crippen molar-refractivity contribution in [2.45, 2.75) is 13.5 Å². The number of para-hydroxylation sites is 1. The quantitative estimate of drug-likeness (QED) is 0.730. The number of nitrogens with zero attached hydrogens (tertiary/aromatic N) is 4. The highest BCUT2D eigenvalue weighted by Gasteiger charge is 2.23. The molecule has 0 spiro atoms. The Kier molecular flexibility index (Phi) is 4.62. The molecular formula is C18H17ClN4O. The van der Waals surface area contributed by atoms with Crippen molar-refractivity contribution in [3.05, 3.63) is 76.8 Å². The first kappa shape index (κ1) is 16.2. The molecule has 3 aromatic rings. The zero-order valence-corrected chi connectivity index (χ0v) is 14.2. The van der Waals surface area contributed by atoms with E-state index in [2.05, 4.69) is 10.1 Å². The number of aryl methyl sites for hydroxylation is 1. The Bertz CT molecular complexity index is 846. The number of rotatable bonds is 4. The third-order valence-corrected chi connectivity index (χ3v) is 4.06. The van der Waals surface area contributed by atoms with Crippen molar-refractivity contribution in [2.24, 2.45) is 0 Å². The van der Waals surface area contributed by atoms with Gasteiger partial charge >= 0.3 is 0 Å². The molecule has 5 nitrogen and oxygen atoms in total. The Morgan fingerprint density at radius 1 is 1.21 bits per heavy atom. The van der Waals surface area contributed by atoms with E-state index in [1.165, 1.54) is 0 Å². The summed E-state index contributed by atoms with van der Waals surface area (Å²) in [5.41, 5.74) is 2.80. The van der Waals surface area contributed by atoms with Crippen LogP contribution in [0.2, 0.25) is 5.15 Å². The van der Waals surface area contributed by atoms with Crippen molar-refractivity contribution in [3.8, 4) is 5.69 Å². The molecule has 0 unspecified atom stereocenters. The number of benzene rings is 1. The topological polar surface area (TPSA) is 51.0 Å². The minimum absolute atomic E-state index is 0.163. The molecule has 0 saturated heterocycles. The maximum absolute atomic E-state index is 12.8. The van der Waals surface area contributed by atoms with Crippen LogP contribution in [0.15, 0.2) is 54.9 Å². The fraction of sp³-hybridized carbons (Fsp3) is 0.167. The normalized spacial score (nSPS) is 10.6. The summed E-state index contributed by atoms with van der Waals surface area (Å²) in [5, 5.41) is 4.74. The van der Waals surface area contributed by atoms with E-state index in [4.69, 9.17) is 11.6 Å². The first-order valence-electron chi connectivity index (χ1n) is 7.53. The van der Waals surface area contributed by atoms with Crippen LogP contribution in [0, 0.1) is 6.92 Å². The second kappa shape index (κ2) is 6.84. The maximum Gasteiger partial charge on any atom is 0.258 e. The molecule has 0 aliphatic carbocycles. The zero-order valence-electron chi connectivity index (χ0n) is 13.5. The number of carbonyl (C=O) groups excluding carboxylic acids is 1. The summed E-state index contributed by atoms with van der Waals surface area (Å²) in [4.78, 5) is 18.5. The molecule has 1 amide bonds. The molecule has 0 aliphatic heterocycles. The number of halogens is 1. The van der Waals surface area contributed by atoms with Gasteiger partial charge in [-0.15, -0.1) is 0 Å². The van der Waals surface area contributed by atoms with Crippen molar-refractivity contribution in [2.75, 3.05) is 7.05 Å². The van der Waals surface area contributed by atoms with Gasteiger partial charge in [0.25, 0.3) is 5.91 Å². The molecular weight excluding hydrogens is 324 g/mol. The Balaban J connectivity index is 1.89. The molecule has 0 bridgehead atoms. The smallest absolute Gasteiger partial charge is 0.258 e. The molecule has 6 heteroatoms. The summed E-state index contributed by atoms with van der Waals surface area (Å²) in [7, 11) is 1.74. The van der Waals surface area contributed by atoms with E-state index in [9.17, 15) is 4.79 Å². The van der Waals surface area contributed by atoms with Crippen LogP contribution in [0.25, 0.3) is 5.69 Å². The van der Waals surface area contributed by atoms with E-state index in [1.807, 2.05) is 42.5 Å². The Labute approximate surface area is 145 Å². The van der Waals surface area contributed by atoms with Crippen molar-refractivity contribution in [3.63, 3.8) is 0 Å². The van der Waals surface area contributed by atoms with Gasteiger partial charge in [0, 0.05) is 26.0 Å². The van der Waals surface area contributed by atoms with Crippen LogP contribution in [0.3, 0.4) is 0 Å². The molecule has 24 heavy (non-hydrogen) atoms. The van der Waals surface area contributed by atoms with Crippen LogP contribution < -0.4 is 0 Å². The van der Waals surface area contributed by atoms with Gasteiger partial charge in [0.2, 0.25) is 0 Å². The lowest BCUT2D eigenvalue weighted by Crippen LogP contribution is -2.26. The number of hydrogen-bond acceptors (Lipinski definition) is 3. The molecule has 0 atom stereocenters. The van der Waals surface area contributed by atoms with Crippen LogP contribution in [-0.2, 0) is 6.54 Å². The van der Waals surface area contributed by atoms with Crippen LogP contribution in [0.5, 0.6) is 0 Å². The van der Waals surface area contributed by atoms with Gasteiger partial charge < -0.3 is 4.90 Å². The highest BCUT2D eigenvalue weighted by Crippen LogP contribution is 2.25. The molecule has 0 N–H and O–H groups in total. The summed E-state index contributed by atoms with van der Waals surface area (Å²) in [6.07, 6.45) is 3.45. The van der Waals surface area contributed by atoms with Crippen LogP contribution in [0.4, 0.5) is 0 Å². The third kappa shape index (κ3) is 3.16. The highest BCUT2D eigenvalue weighted by atomic mass is 35.5. The number of amides is 1. The lowest BCUT2D eigenvalue weighted by atomic mass is 10.2. The minimum atomic E-state index is -0.163. The standard InChI is InChI=1S/C18H17ClN4O/c1-13-16(17(19)23(21-13)15-8-4-3-5-9-15)18(24)22(2)12-14-7-6-10-20-11-14/h3-11H,12H2,1-2H3. The van der Waals surface area contributed by atoms with E-state index in [0.717, 1.165) is 11.3 Å². The fourth-order valence-corrected chi connectivity index (χ4v) is 2.86. The third-order valence-electron chi connectivity index (χ3n) is 3.71. The van der Waals surface area contributed by atoms with Crippen molar-refractivity contribution in [1.29, 1.82) is 0 Å². The molecule has 1 aromatic carbocycles. The predicted octanol–water partition coefficient (Wildman–Crippen LogP) is 3.50. The summed E-state index contributed by atoms with van der Waals surface area (Å²) < 4.78 is 1.59. The molecule has 122 valence electrons. The van der Waals surface area contributed by atoms with Crippen LogP contribution in [0.1, 0.15) is 21.6 Å². The number of carbonyl (C=O) groups is 1. The van der Waals surface area contributed by atoms with E-state index in [1.54, 1.807) is 35.9 Å². The highest BCUT2D eigenvalue weighted by molar-refractivity contribution is 6.33. The van der Waals surface area contributed by atoms with Gasteiger partial charge in [-0.2, -0.15) is 5.10 Å². The lowest BCUT2D eigenvalue weighted by molar-refractivity contribution is 0.0784. The SMILES string of the molecule is Cc1nn(-c2ccccc2)c(Cl)c1C(=O)N(C)Cc1cccnc1. The fourth-order valence-electron chi connectivity index (χ4n) is 2.51. The molecule has 2 heterocycles. The van der Waals surface area contributed by atoms with Gasteiger partial charge in [0.05, 0.1) is 16.9 Å². The molecule has 0 fully saturated rings. The van der Waals surface area contributed by atoms with Gasteiger partial charge in [-0.1, -0.05) is 35.9 Å². The average molecular weight is 341 g/mol. The Morgan fingerprint density at radius 2 is 1.96 bits per heavy atom. The van der Waals surface area contributed by atoms with Gasteiger partial charge in [0.15, 0.2) is 0 Å². The summed E-state index contributed by atoms with van der Waals surface area (Å²) in [6, 6.07) is 13.3. The van der Waals surface area contributed by atoms with Crippen molar-refractivity contribution < 1.29 is 4.79 Å². The maximum atomic E-state index is 12.8. The van der Waals surface area contributed by atoms with Gasteiger partial charge in [-0.25, -0.2) is 4.68 Å². The second-order valence-corrected chi connectivity index (χ2v) is 5.88. The van der Waals surface area contributed by atoms with Crippen LogP contribution >= 0.6 is 11.6 Å². The second-order valence-electron chi connectivity index (χ2n) is 5.52. The largest absolute Gasteiger partial charge is 0.337 e. The zero-order chi connectivity index (χ0) is 17.1. The Hall–Kier alpha value is -2.66. The minimum Gasteiger partial charge on any atom is -0.337 e. The lowest BCUT2D eigenvalue weighted by Gasteiger charge is -2.17. The van der Waals surface area contributed by atoms with Gasteiger partial charge in [-0.3, -0.25) is 9.78 Å². The molecule has 0 radical (unpaired) electrons. The predicted molar refractivity (Wildman–Crippen MR) is 93.3 cm³/mol. The Morgan fingerprint density at radius 3 is 2.62 bits per heavy atom.